The van der Waals surface area contributed by atoms with Crippen LogP contribution in [-0.4, -0.2) is 22.0 Å². The van der Waals surface area contributed by atoms with Gasteiger partial charge in [-0.05, 0) is 48.6 Å². The molecule has 0 aromatic carbocycles. The van der Waals surface area contributed by atoms with Crippen molar-refractivity contribution in [1.29, 1.82) is 0 Å². The predicted octanol–water partition coefficient (Wildman–Crippen LogP) is 2.80. The number of aryl methyl sites for hydroxylation is 2. The lowest BCUT2D eigenvalue weighted by molar-refractivity contribution is 1.10. The van der Waals surface area contributed by atoms with Crippen molar-refractivity contribution in [1.82, 2.24) is 15.0 Å². The van der Waals surface area contributed by atoms with E-state index in [1.165, 1.54) is 0 Å². The molecule has 0 aliphatic carbocycles. The van der Waals surface area contributed by atoms with Gasteiger partial charge in [0.05, 0.1) is 3.57 Å². The number of nitrogens with zero attached hydrogens (tertiary/aromatic N) is 3. The summed E-state index contributed by atoms with van der Waals surface area (Å²) in [5, 5.41) is 3.06. The number of hydrogen-bond acceptors (Lipinski definition) is 4. The van der Waals surface area contributed by atoms with Gasteiger partial charge in [0, 0.05) is 30.2 Å². The van der Waals surface area contributed by atoms with Crippen molar-refractivity contribution < 1.29 is 0 Å². The lowest BCUT2D eigenvalue weighted by Gasteiger charge is -2.06. The molecule has 17 heavy (non-hydrogen) atoms. The first-order chi connectivity index (χ1) is 8.10. The van der Waals surface area contributed by atoms with Gasteiger partial charge in [-0.1, -0.05) is 0 Å². The summed E-state index contributed by atoms with van der Waals surface area (Å²) < 4.78 is 1.01. The zero-order valence-corrected chi connectivity index (χ0v) is 12.1. The van der Waals surface area contributed by atoms with Crippen LogP contribution in [0.1, 0.15) is 11.4 Å². The number of aromatic nitrogens is 3. The molecule has 2 aromatic rings. The molecule has 5 heteroatoms. The molecule has 2 rings (SSSR count). The Bertz CT molecular complexity index is 534. The first-order valence-corrected chi connectivity index (χ1v) is 6.34. The summed E-state index contributed by atoms with van der Waals surface area (Å²) >= 11 is 2.21. The lowest BCUT2D eigenvalue weighted by atomic mass is 10.2. The summed E-state index contributed by atoms with van der Waals surface area (Å²) in [5.74, 6) is 1.58. The average molecular weight is 340 g/mol. The summed E-state index contributed by atoms with van der Waals surface area (Å²) in [5.41, 5.74) is 2.96. The van der Waals surface area contributed by atoms with Gasteiger partial charge in [0.1, 0.15) is 5.82 Å². The van der Waals surface area contributed by atoms with Crippen LogP contribution in [0.25, 0.3) is 11.4 Å². The molecular weight excluding hydrogens is 327 g/mol. The highest BCUT2D eigenvalue weighted by Crippen LogP contribution is 2.21. The Kier molecular flexibility index (Phi) is 3.56. The first-order valence-electron chi connectivity index (χ1n) is 5.26. The Morgan fingerprint density at radius 3 is 2.35 bits per heavy atom. The number of halogens is 1. The second-order valence-corrected chi connectivity index (χ2v) is 4.94. The van der Waals surface area contributed by atoms with Crippen LogP contribution in [0.3, 0.4) is 0 Å². The second kappa shape index (κ2) is 4.95. The molecule has 0 spiro atoms. The summed E-state index contributed by atoms with van der Waals surface area (Å²) in [6.45, 7) is 3.95. The van der Waals surface area contributed by atoms with E-state index >= 15 is 0 Å². The number of pyridine rings is 1. The Morgan fingerprint density at radius 1 is 1.12 bits per heavy atom. The van der Waals surface area contributed by atoms with Crippen LogP contribution in [0.5, 0.6) is 0 Å². The molecule has 88 valence electrons. The molecule has 0 atom stereocenters. The van der Waals surface area contributed by atoms with Crippen molar-refractivity contribution in [3.63, 3.8) is 0 Å². The van der Waals surface area contributed by atoms with Gasteiger partial charge in [-0.2, -0.15) is 0 Å². The zero-order valence-electron chi connectivity index (χ0n) is 9.95. The molecule has 0 saturated heterocycles. The van der Waals surface area contributed by atoms with Crippen LogP contribution in [0.2, 0.25) is 0 Å². The molecule has 0 bridgehead atoms. The molecule has 0 amide bonds. The molecule has 1 N–H and O–H groups in total. The van der Waals surface area contributed by atoms with E-state index in [1.54, 1.807) is 0 Å². The van der Waals surface area contributed by atoms with Crippen molar-refractivity contribution in [2.45, 2.75) is 13.8 Å². The van der Waals surface area contributed by atoms with E-state index in [1.807, 2.05) is 39.2 Å². The van der Waals surface area contributed by atoms with Crippen molar-refractivity contribution in [2.24, 2.45) is 0 Å². The topological polar surface area (TPSA) is 50.7 Å². The number of nitrogens with one attached hydrogen (secondary N) is 1. The molecule has 0 radical (unpaired) electrons. The van der Waals surface area contributed by atoms with Gasteiger partial charge in [-0.3, -0.25) is 4.98 Å². The van der Waals surface area contributed by atoms with E-state index in [0.717, 1.165) is 32.2 Å². The van der Waals surface area contributed by atoms with Crippen molar-refractivity contribution in [3.05, 3.63) is 33.3 Å². The highest BCUT2D eigenvalue weighted by molar-refractivity contribution is 14.1. The standard InChI is InChI=1S/C12H13IN4/c1-7-4-9(5-8(2)16-7)11-15-6-10(13)12(14-3)17-11/h4-6H,1-3H3,(H,14,15,17). The predicted molar refractivity (Wildman–Crippen MR) is 77.0 cm³/mol. The lowest BCUT2D eigenvalue weighted by Crippen LogP contribution is -2.00. The summed E-state index contributed by atoms with van der Waals surface area (Å²) in [7, 11) is 1.86. The van der Waals surface area contributed by atoms with Crippen molar-refractivity contribution in [3.8, 4) is 11.4 Å². The maximum absolute atomic E-state index is 4.49. The van der Waals surface area contributed by atoms with E-state index < -0.39 is 0 Å². The van der Waals surface area contributed by atoms with E-state index in [2.05, 4.69) is 42.9 Å². The van der Waals surface area contributed by atoms with Gasteiger partial charge < -0.3 is 5.32 Å². The van der Waals surface area contributed by atoms with E-state index in [9.17, 15) is 0 Å². The van der Waals surface area contributed by atoms with Crippen LogP contribution in [0.15, 0.2) is 18.3 Å². The monoisotopic (exact) mass is 340 g/mol. The molecular formula is C12H13IN4. The Hall–Kier alpha value is -1.24. The van der Waals surface area contributed by atoms with Crippen LogP contribution < -0.4 is 5.32 Å². The molecule has 2 heterocycles. The highest BCUT2D eigenvalue weighted by Gasteiger charge is 2.07. The molecule has 2 aromatic heterocycles. The normalized spacial score (nSPS) is 10.4. The SMILES string of the molecule is CNc1nc(-c2cc(C)nc(C)c2)ncc1I. The second-order valence-electron chi connectivity index (χ2n) is 3.78. The maximum atomic E-state index is 4.49. The van der Waals surface area contributed by atoms with Gasteiger partial charge in [0.15, 0.2) is 5.82 Å². The van der Waals surface area contributed by atoms with Gasteiger partial charge in [-0.25, -0.2) is 9.97 Å². The summed E-state index contributed by atoms with van der Waals surface area (Å²) in [6.07, 6.45) is 1.82. The number of anilines is 1. The Labute approximate surface area is 114 Å². The van der Waals surface area contributed by atoms with E-state index in [0.29, 0.717) is 0 Å². The highest BCUT2D eigenvalue weighted by atomic mass is 127. The fourth-order valence-corrected chi connectivity index (χ4v) is 2.17. The van der Waals surface area contributed by atoms with E-state index in [-0.39, 0.29) is 0 Å². The first kappa shape index (κ1) is 12.2. The largest absolute Gasteiger partial charge is 0.372 e. The van der Waals surface area contributed by atoms with Gasteiger partial charge >= 0.3 is 0 Å². The van der Waals surface area contributed by atoms with E-state index in [4.69, 9.17) is 0 Å². The van der Waals surface area contributed by atoms with Crippen molar-refractivity contribution >= 4 is 28.4 Å². The maximum Gasteiger partial charge on any atom is 0.161 e. The quantitative estimate of drug-likeness (QED) is 0.855. The van der Waals surface area contributed by atoms with Crippen LogP contribution in [0, 0.1) is 17.4 Å². The minimum Gasteiger partial charge on any atom is -0.372 e. The van der Waals surface area contributed by atoms with Crippen molar-refractivity contribution in [2.75, 3.05) is 12.4 Å². The third-order valence-electron chi connectivity index (χ3n) is 2.32. The third kappa shape index (κ3) is 2.71. The summed E-state index contributed by atoms with van der Waals surface area (Å²) in [4.78, 5) is 13.2. The molecule has 0 aliphatic heterocycles. The van der Waals surface area contributed by atoms with Crippen LogP contribution in [-0.2, 0) is 0 Å². The Morgan fingerprint density at radius 2 is 1.76 bits per heavy atom. The molecule has 0 aliphatic rings. The zero-order chi connectivity index (χ0) is 12.4. The van der Waals surface area contributed by atoms with Crippen LogP contribution >= 0.6 is 22.6 Å². The minimum absolute atomic E-state index is 0.725. The summed E-state index contributed by atoms with van der Waals surface area (Å²) in [6, 6.07) is 3.99. The van der Waals surface area contributed by atoms with Gasteiger partial charge in [0.25, 0.3) is 0 Å². The number of rotatable bonds is 2. The average Bonchev–Trinajstić information content (AvgIpc) is 2.28. The fourth-order valence-electron chi connectivity index (χ4n) is 1.65. The van der Waals surface area contributed by atoms with Gasteiger partial charge in [0.2, 0.25) is 0 Å². The smallest absolute Gasteiger partial charge is 0.161 e. The molecule has 0 fully saturated rings. The molecule has 0 unspecified atom stereocenters. The minimum atomic E-state index is 0.725. The van der Waals surface area contributed by atoms with Crippen LogP contribution in [0.4, 0.5) is 5.82 Å². The number of hydrogen-bond donors (Lipinski definition) is 1. The van der Waals surface area contributed by atoms with Gasteiger partial charge in [-0.15, -0.1) is 0 Å². The molecule has 4 nitrogen and oxygen atoms in total. The fraction of sp³-hybridized carbons (Fsp3) is 0.250. The Balaban J connectivity index is 2.52. The third-order valence-corrected chi connectivity index (χ3v) is 3.11. The molecule has 0 saturated carbocycles.